The van der Waals surface area contributed by atoms with Crippen molar-refractivity contribution in [2.45, 2.75) is 19.3 Å². The first kappa shape index (κ1) is 18.0. The summed E-state index contributed by atoms with van der Waals surface area (Å²) in [6, 6.07) is 7.51. The van der Waals surface area contributed by atoms with Crippen LogP contribution in [-0.2, 0) is 12.8 Å². The molecule has 0 spiro atoms. The van der Waals surface area contributed by atoms with Gasteiger partial charge in [-0.3, -0.25) is 0 Å². The van der Waals surface area contributed by atoms with Gasteiger partial charge in [0.1, 0.15) is 17.7 Å². The second kappa shape index (κ2) is 7.46. The number of nitrogens with two attached hydrogens (primary N) is 1. The molecule has 1 aromatic carbocycles. The van der Waals surface area contributed by atoms with Gasteiger partial charge in [0.15, 0.2) is 0 Å². The molecule has 0 saturated carbocycles. The largest absolute Gasteiger partial charge is 0.432 e. The highest BCUT2D eigenvalue weighted by atomic mass is 35.5. The van der Waals surface area contributed by atoms with Crippen LogP contribution in [-0.4, -0.2) is 19.9 Å². The second-order valence-corrected chi connectivity index (χ2v) is 5.65. The summed E-state index contributed by atoms with van der Waals surface area (Å²) in [5.41, 5.74) is 8.45. The number of halogens is 2. The highest BCUT2D eigenvalue weighted by Crippen LogP contribution is 2.23. The lowest BCUT2D eigenvalue weighted by Gasteiger charge is -2.07. The summed E-state index contributed by atoms with van der Waals surface area (Å²) < 4.78 is 0. The Balaban J connectivity index is 0.00000208. The Kier molecular flexibility index (Phi) is 5.58. The zero-order valence-electron chi connectivity index (χ0n) is 12.5. The molecule has 126 valence electrons. The number of nitrogens with zero attached hydrogens (tertiary/aromatic N) is 3. The zero-order chi connectivity index (χ0) is 16.4. The molecule has 0 aliphatic carbocycles. The van der Waals surface area contributed by atoms with Crippen LogP contribution < -0.4 is 5.73 Å². The predicted octanol–water partition coefficient (Wildman–Crippen LogP) is 3.70. The fraction of sp³-hybridized carbons (Fsp3) is 0.200. The number of nitro groups is 1. The predicted molar refractivity (Wildman–Crippen MR) is 95.7 cm³/mol. The molecule has 3 rings (SSSR count). The van der Waals surface area contributed by atoms with E-state index in [-0.39, 0.29) is 18.4 Å². The van der Waals surface area contributed by atoms with Gasteiger partial charge in [-0.2, -0.15) is 0 Å². The molecular weight excluding hydrogens is 353 g/mol. The molecule has 0 aliphatic rings. The fourth-order valence-electron chi connectivity index (χ4n) is 2.44. The van der Waals surface area contributed by atoms with E-state index in [1.165, 1.54) is 6.20 Å². The van der Waals surface area contributed by atoms with Crippen LogP contribution >= 0.6 is 24.0 Å². The van der Waals surface area contributed by atoms with Crippen molar-refractivity contribution in [2.24, 2.45) is 0 Å². The molecule has 3 N–H and O–H groups in total. The van der Waals surface area contributed by atoms with Crippen LogP contribution in [0.5, 0.6) is 0 Å². The smallest absolute Gasteiger partial charge is 0.390 e. The molecule has 0 amide bonds. The van der Waals surface area contributed by atoms with E-state index in [0.29, 0.717) is 17.3 Å². The van der Waals surface area contributed by atoms with E-state index in [1.807, 2.05) is 18.2 Å². The van der Waals surface area contributed by atoms with E-state index in [1.54, 1.807) is 6.07 Å². The highest BCUT2D eigenvalue weighted by Gasteiger charge is 2.11. The first-order valence-electron chi connectivity index (χ1n) is 7.06. The van der Waals surface area contributed by atoms with Crippen molar-refractivity contribution >= 4 is 46.7 Å². The third-order valence-corrected chi connectivity index (χ3v) is 3.81. The van der Waals surface area contributed by atoms with E-state index >= 15 is 0 Å². The molecule has 0 radical (unpaired) electrons. The summed E-state index contributed by atoms with van der Waals surface area (Å²) in [5, 5.41) is 12.2. The van der Waals surface area contributed by atoms with Crippen molar-refractivity contribution in [2.75, 3.05) is 5.73 Å². The molecule has 0 atom stereocenters. The minimum atomic E-state index is -0.542. The average Bonchev–Trinajstić information content (AvgIpc) is 2.97. The van der Waals surface area contributed by atoms with Crippen molar-refractivity contribution in [3.05, 3.63) is 56.9 Å². The maximum absolute atomic E-state index is 10.6. The van der Waals surface area contributed by atoms with Crippen molar-refractivity contribution in [1.29, 1.82) is 0 Å². The lowest BCUT2D eigenvalue weighted by molar-refractivity contribution is -0.393. The van der Waals surface area contributed by atoms with Crippen LogP contribution in [0.2, 0.25) is 5.02 Å². The quantitative estimate of drug-likeness (QED) is 0.527. The first-order valence-corrected chi connectivity index (χ1v) is 7.43. The zero-order valence-corrected chi connectivity index (χ0v) is 14.1. The monoisotopic (exact) mass is 367 g/mol. The number of aromatic nitrogens is 3. The molecule has 0 saturated heterocycles. The molecule has 3 aromatic rings. The summed E-state index contributed by atoms with van der Waals surface area (Å²) >= 11 is 5.95. The number of benzene rings is 1. The maximum Gasteiger partial charge on any atom is 0.432 e. The Hall–Kier alpha value is -2.38. The van der Waals surface area contributed by atoms with Crippen molar-refractivity contribution in [3.8, 4) is 0 Å². The van der Waals surface area contributed by atoms with Gasteiger partial charge in [0.25, 0.3) is 0 Å². The summed E-state index contributed by atoms with van der Waals surface area (Å²) in [6.07, 6.45) is 3.65. The number of rotatable bonds is 5. The topological polar surface area (TPSA) is 111 Å². The molecular formula is C15H15Cl2N5O2. The lowest BCUT2D eigenvalue weighted by Crippen LogP contribution is -2.00. The van der Waals surface area contributed by atoms with E-state index < -0.39 is 4.92 Å². The van der Waals surface area contributed by atoms with Crippen LogP contribution in [0.3, 0.4) is 0 Å². The first-order chi connectivity index (χ1) is 11.0. The van der Waals surface area contributed by atoms with Crippen LogP contribution in [0.4, 0.5) is 11.8 Å². The van der Waals surface area contributed by atoms with Crippen molar-refractivity contribution in [3.63, 3.8) is 0 Å². The third kappa shape index (κ3) is 3.93. The number of nitrogen functional groups attached to an aromatic ring is 1. The van der Waals surface area contributed by atoms with E-state index in [4.69, 9.17) is 17.3 Å². The number of pyridine rings is 1. The summed E-state index contributed by atoms with van der Waals surface area (Å²) in [6.45, 7) is 0. The minimum Gasteiger partial charge on any atom is -0.390 e. The SMILES string of the molecule is Cl.Nc1nc2cc(Cl)ccc2cc1CCCc1cnc([N+](=O)[O-])[nH]1. The van der Waals surface area contributed by atoms with Gasteiger partial charge in [-0.15, -0.1) is 12.4 Å². The lowest BCUT2D eigenvalue weighted by atomic mass is 10.1. The Morgan fingerprint density at radius 3 is 2.79 bits per heavy atom. The molecule has 0 unspecified atom stereocenters. The number of anilines is 1. The van der Waals surface area contributed by atoms with E-state index in [2.05, 4.69) is 15.0 Å². The molecule has 0 fully saturated rings. The van der Waals surface area contributed by atoms with Crippen LogP contribution in [0.15, 0.2) is 30.5 Å². The Morgan fingerprint density at radius 1 is 1.29 bits per heavy atom. The van der Waals surface area contributed by atoms with Crippen LogP contribution in [0.25, 0.3) is 10.9 Å². The molecule has 2 heterocycles. The van der Waals surface area contributed by atoms with Gasteiger partial charge in [0.05, 0.1) is 5.52 Å². The molecule has 9 heteroatoms. The number of imidazole rings is 1. The van der Waals surface area contributed by atoms with E-state index in [0.717, 1.165) is 35.0 Å². The van der Waals surface area contributed by atoms with Crippen molar-refractivity contribution in [1.82, 2.24) is 15.0 Å². The van der Waals surface area contributed by atoms with Gasteiger partial charge in [-0.1, -0.05) is 22.7 Å². The number of aryl methyl sites for hydroxylation is 2. The molecule has 0 aliphatic heterocycles. The van der Waals surface area contributed by atoms with Crippen LogP contribution in [0, 0.1) is 10.1 Å². The Bertz CT molecular complexity index is 881. The molecule has 2 aromatic heterocycles. The molecule has 7 nitrogen and oxygen atoms in total. The number of hydrogen-bond donors (Lipinski definition) is 2. The standard InChI is InChI=1S/C15H14ClN5O2.ClH/c16-11-5-4-9-6-10(14(17)20-13(9)7-11)2-1-3-12-8-18-15(19-12)21(22)23;/h4-8H,1-3H2,(H2,17,20)(H,18,19);1H. The second-order valence-electron chi connectivity index (χ2n) is 5.21. The van der Waals surface area contributed by atoms with Gasteiger partial charge < -0.3 is 15.8 Å². The minimum absolute atomic E-state index is 0. The third-order valence-electron chi connectivity index (χ3n) is 3.57. The van der Waals surface area contributed by atoms with Gasteiger partial charge in [-0.05, 0) is 41.5 Å². The number of H-pyrrole nitrogens is 1. The molecule has 0 bridgehead atoms. The maximum atomic E-state index is 10.6. The summed E-state index contributed by atoms with van der Waals surface area (Å²) in [5.74, 6) is 0.249. The number of fused-ring (bicyclic) bond motifs is 1. The number of nitrogens with one attached hydrogen (secondary N) is 1. The normalized spacial score (nSPS) is 10.5. The van der Waals surface area contributed by atoms with Crippen molar-refractivity contribution < 1.29 is 4.92 Å². The highest BCUT2D eigenvalue weighted by molar-refractivity contribution is 6.31. The Morgan fingerprint density at radius 2 is 2.08 bits per heavy atom. The van der Waals surface area contributed by atoms with Gasteiger partial charge >= 0.3 is 5.95 Å². The van der Waals surface area contributed by atoms with Gasteiger partial charge in [0, 0.05) is 16.8 Å². The van der Waals surface area contributed by atoms with Crippen LogP contribution in [0.1, 0.15) is 17.7 Å². The molecule has 24 heavy (non-hydrogen) atoms. The van der Waals surface area contributed by atoms with Gasteiger partial charge in [-0.25, -0.2) is 9.97 Å². The average molecular weight is 368 g/mol. The van der Waals surface area contributed by atoms with E-state index in [9.17, 15) is 10.1 Å². The number of hydrogen-bond acceptors (Lipinski definition) is 5. The summed E-state index contributed by atoms with van der Waals surface area (Å²) in [4.78, 5) is 20.8. The number of aromatic amines is 1. The van der Waals surface area contributed by atoms with Gasteiger partial charge in [0.2, 0.25) is 0 Å². The summed E-state index contributed by atoms with van der Waals surface area (Å²) in [7, 11) is 0. The fourth-order valence-corrected chi connectivity index (χ4v) is 2.60. The Labute approximate surface area is 148 Å².